The van der Waals surface area contributed by atoms with Crippen molar-refractivity contribution in [3.8, 4) is 11.9 Å². The molecule has 218 valence electrons. The highest BCUT2D eigenvalue weighted by Crippen LogP contribution is 2.42. The highest BCUT2D eigenvalue weighted by Gasteiger charge is 2.34. The Morgan fingerprint density at radius 3 is 1.15 bits per heavy atom. The van der Waals surface area contributed by atoms with Crippen molar-refractivity contribution in [2.75, 3.05) is 0 Å². The number of benzene rings is 5. The minimum atomic E-state index is -3.60. The first-order valence-corrected chi connectivity index (χ1v) is 16.7. The summed E-state index contributed by atoms with van der Waals surface area (Å²) in [5, 5.41) is 5.04. The average Bonchev–Trinajstić information content (AvgIpc) is 3.65. The monoisotopic (exact) mass is 612 g/mol. The van der Waals surface area contributed by atoms with Crippen molar-refractivity contribution in [3.63, 3.8) is 0 Å². The van der Waals surface area contributed by atoms with Crippen LogP contribution in [0, 0.1) is 0 Å². The molecule has 46 heavy (non-hydrogen) atoms. The summed E-state index contributed by atoms with van der Waals surface area (Å²) in [6.45, 7) is 0. The van der Waals surface area contributed by atoms with E-state index in [4.69, 9.17) is 19.9 Å². The lowest BCUT2D eigenvalue weighted by molar-refractivity contribution is 0.591. The quantitative estimate of drug-likeness (QED) is 0.194. The Bertz CT molecular complexity index is 2380. The zero-order valence-electron chi connectivity index (χ0n) is 24.5. The summed E-state index contributed by atoms with van der Waals surface area (Å²) in [5.74, 6) is 0.894. The summed E-state index contributed by atoms with van der Waals surface area (Å²) in [6, 6.07) is 45.8. The molecule has 8 heteroatoms. The van der Waals surface area contributed by atoms with Crippen LogP contribution in [0.1, 0.15) is 0 Å². The van der Waals surface area contributed by atoms with E-state index in [0.717, 1.165) is 43.6 Å². The molecule has 0 saturated heterocycles. The number of nitrogens with zero attached hydrogens (tertiary/aromatic N) is 6. The van der Waals surface area contributed by atoms with Crippen LogP contribution in [0.5, 0.6) is 0 Å². The van der Waals surface area contributed by atoms with Crippen molar-refractivity contribution < 1.29 is 4.57 Å². The first-order chi connectivity index (χ1) is 22.7. The fourth-order valence-corrected chi connectivity index (χ4v) is 8.91. The van der Waals surface area contributed by atoms with Crippen LogP contribution < -0.4 is 16.2 Å². The Morgan fingerprint density at radius 2 is 0.761 bits per heavy atom. The summed E-state index contributed by atoms with van der Waals surface area (Å²) < 4.78 is 19.8. The average molecular weight is 613 g/mol. The Labute approximate surface area is 263 Å². The standard InChI is InChI=1S/C38H25N6OP/c45-46(26-12-2-1-3-13-26,35-22-24-39-37(41-35)43-31-18-8-4-14-27(31)28-15-5-9-19-32(28)43)36-23-25-40-38(42-36)44-33-20-10-6-16-29(33)30-17-7-11-21-34(30)44/h1-25H. The smallest absolute Gasteiger partial charge is 0.235 e. The van der Waals surface area contributed by atoms with Crippen LogP contribution in [0.3, 0.4) is 0 Å². The third-order valence-corrected chi connectivity index (χ3v) is 11.4. The predicted octanol–water partition coefficient (Wildman–Crippen LogP) is 7.10. The Kier molecular flexibility index (Phi) is 5.95. The fourth-order valence-electron chi connectivity index (χ4n) is 6.54. The number of aromatic nitrogens is 6. The molecule has 0 fully saturated rings. The van der Waals surface area contributed by atoms with Crippen LogP contribution in [0.15, 0.2) is 152 Å². The third-order valence-electron chi connectivity index (χ3n) is 8.58. The summed E-state index contributed by atoms with van der Waals surface area (Å²) in [7, 11) is -3.60. The zero-order chi connectivity index (χ0) is 30.7. The van der Waals surface area contributed by atoms with Crippen LogP contribution in [0.25, 0.3) is 55.5 Å². The maximum Gasteiger partial charge on any atom is 0.235 e. The van der Waals surface area contributed by atoms with Crippen molar-refractivity contribution in [1.82, 2.24) is 29.1 Å². The molecule has 9 aromatic rings. The number of fused-ring (bicyclic) bond motifs is 6. The third kappa shape index (κ3) is 3.89. The van der Waals surface area contributed by atoms with Gasteiger partial charge >= 0.3 is 0 Å². The highest BCUT2D eigenvalue weighted by molar-refractivity contribution is 7.84. The van der Waals surface area contributed by atoms with E-state index >= 15 is 4.57 Å². The van der Waals surface area contributed by atoms with E-state index in [2.05, 4.69) is 48.5 Å². The number of rotatable bonds is 5. The van der Waals surface area contributed by atoms with E-state index in [9.17, 15) is 0 Å². The predicted molar refractivity (Wildman–Crippen MR) is 186 cm³/mol. The first-order valence-electron chi connectivity index (χ1n) is 15.0. The Balaban J connectivity index is 1.28. The van der Waals surface area contributed by atoms with E-state index in [-0.39, 0.29) is 0 Å². The van der Waals surface area contributed by atoms with Gasteiger partial charge in [-0.05, 0) is 36.4 Å². The summed E-state index contributed by atoms with van der Waals surface area (Å²) in [6.07, 6.45) is 3.37. The maximum atomic E-state index is 15.7. The number of hydrogen-bond donors (Lipinski definition) is 0. The fraction of sp³-hybridized carbons (Fsp3) is 0. The number of hydrogen-bond acceptors (Lipinski definition) is 5. The highest BCUT2D eigenvalue weighted by atomic mass is 31.2. The van der Waals surface area contributed by atoms with Crippen LogP contribution in [-0.4, -0.2) is 29.1 Å². The molecule has 0 atom stereocenters. The molecule has 0 aliphatic rings. The van der Waals surface area contributed by atoms with Crippen molar-refractivity contribution in [2.24, 2.45) is 0 Å². The van der Waals surface area contributed by atoms with E-state index in [1.54, 1.807) is 24.5 Å². The van der Waals surface area contributed by atoms with Crippen LogP contribution in [-0.2, 0) is 4.57 Å². The first kappa shape index (κ1) is 26.5. The van der Waals surface area contributed by atoms with Crippen molar-refractivity contribution >= 4 is 66.9 Å². The molecule has 9 rings (SSSR count). The molecular formula is C38H25N6OP. The largest absolute Gasteiger partial charge is 0.305 e. The minimum absolute atomic E-state index is 0.400. The second kappa shape index (κ2) is 10.3. The molecule has 0 amide bonds. The molecule has 0 aliphatic carbocycles. The second-order valence-corrected chi connectivity index (χ2v) is 13.8. The van der Waals surface area contributed by atoms with Gasteiger partial charge in [-0.15, -0.1) is 0 Å². The Hall–Kier alpha value is -5.91. The van der Waals surface area contributed by atoms with Gasteiger partial charge in [0.15, 0.2) is 0 Å². The zero-order valence-corrected chi connectivity index (χ0v) is 25.4. The van der Waals surface area contributed by atoms with Gasteiger partial charge in [-0.3, -0.25) is 9.13 Å². The van der Waals surface area contributed by atoms with Gasteiger partial charge in [0.25, 0.3) is 0 Å². The molecule has 5 aromatic carbocycles. The molecular weight excluding hydrogens is 587 g/mol. The van der Waals surface area contributed by atoms with E-state index < -0.39 is 7.14 Å². The molecule has 0 N–H and O–H groups in total. The van der Waals surface area contributed by atoms with Crippen LogP contribution in [0.2, 0.25) is 0 Å². The topological polar surface area (TPSA) is 78.5 Å². The van der Waals surface area contributed by atoms with Gasteiger partial charge in [-0.25, -0.2) is 19.9 Å². The lowest BCUT2D eigenvalue weighted by Crippen LogP contribution is -2.30. The normalized spacial score (nSPS) is 12.0. The van der Waals surface area contributed by atoms with E-state index in [1.165, 1.54) is 0 Å². The van der Waals surface area contributed by atoms with Gasteiger partial charge in [-0.1, -0.05) is 103 Å². The molecule has 0 radical (unpaired) electrons. The molecule has 7 nitrogen and oxygen atoms in total. The Morgan fingerprint density at radius 1 is 0.413 bits per heavy atom. The lowest BCUT2D eigenvalue weighted by Gasteiger charge is -2.19. The van der Waals surface area contributed by atoms with Crippen molar-refractivity contribution in [3.05, 3.63) is 152 Å². The van der Waals surface area contributed by atoms with Gasteiger partial charge in [0.2, 0.25) is 19.0 Å². The molecule has 0 bridgehead atoms. The molecule has 0 aliphatic heterocycles. The van der Waals surface area contributed by atoms with Crippen molar-refractivity contribution in [2.45, 2.75) is 0 Å². The van der Waals surface area contributed by atoms with Gasteiger partial charge in [0.1, 0.15) is 10.9 Å². The van der Waals surface area contributed by atoms with Crippen LogP contribution >= 0.6 is 7.14 Å². The molecule has 4 aromatic heterocycles. The van der Waals surface area contributed by atoms with Crippen LogP contribution in [0.4, 0.5) is 0 Å². The maximum absolute atomic E-state index is 15.7. The number of para-hydroxylation sites is 4. The van der Waals surface area contributed by atoms with Gasteiger partial charge in [0, 0.05) is 39.2 Å². The van der Waals surface area contributed by atoms with Crippen molar-refractivity contribution in [1.29, 1.82) is 0 Å². The lowest BCUT2D eigenvalue weighted by atomic mass is 10.2. The minimum Gasteiger partial charge on any atom is -0.305 e. The second-order valence-electron chi connectivity index (χ2n) is 11.1. The molecule has 0 unspecified atom stereocenters. The van der Waals surface area contributed by atoms with Gasteiger partial charge in [-0.2, -0.15) is 0 Å². The summed E-state index contributed by atoms with van der Waals surface area (Å²) in [5.41, 5.74) is 4.71. The van der Waals surface area contributed by atoms with Gasteiger partial charge in [0.05, 0.1) is 22.1 Å². The van der Waals surface area contributed by atoms with E-state index in [0.29, 0.717) is 28.1 Å². The van der Waals surface area contributed by atoms with E-state index in [1.807, 2.05) is 88.0 Å². The molecule has 0 spiro atoms. The SMILES string of the molecule is O=P(c1ccccc1)(c1ccnc(-n2c3ccccc3c3ccccc32)n1)c1ccnc(-n2c3ccccc3c3ccccc32)n1. The molecule has 4 heterocycles. The molecule has 0 saturated carbocycles. The summed E-state index contributed by atoms with van der Waals surface area (Å²) in [4.78, 5) is 19.5. The van der Waals surface area contributed by atoms with Gasteiger partial charge < -0.3 is 4.57 Å². The summed E-state index contributed by atoms with van der Waals surface area (Å²) >= 11 is 0.